The molecule has 1 aromatic heterocycles. The second-order valence-electron chi connectivity index (χ2n) is 7.46. The van der Waals surface area contributed by atoms with Crippen molar-refractivity contribution >= 4 is 46.0 Å². The standard InChI is InChI=1S/C25H23IN2O5S/c1-5-33-24(30)21-14(2)27-25-28(22(21)18-11-10-17(31-3)13-19(18)32-4)23(29)20(34-25)12-15-6-8-16(26)9-7-15/h6-13,22H,5H2,1-4H3/b20-12-/t22-/m1/s1. The number of aromatic nitrogens is 1. The SMILES string of the molecule is CCOC(=O)C1=C(C)N=c2s/c(=C\c3ccc(I)cc3)c(=O)n2[C@@H]1c1ccc(OC)cc1OC. The van der Waals surface area contributed by atoms with Crippen molar-refractivity contribution in [3.8, 4) is 11.5 Å². The van der Waals surface area contributed by atoms with Crippen LogP contribution >= 0.6 is 33.9 Å². The maximum Gasteiger partial charge on any atom is 0.338 e. The Balaban J connectivity index is 1.99. The predicted molar refractivity (Wildman–Crippen MR) is 139 cm³/mol. The summed E-state index contributed by atoms with van der Waals surface area (Å²) in [4.78, 5) is 31.8. The van der Waals surface area contributed by atoms with Gasteiger partial charge in [0.2, 0.25) is 0 Å². The van der Waals surface area contributed by atoms with E-state index in [0.29, 0.717) is 37.7 Å². The minimum absolute atomic E-state index is 0.208. The summed E-state index contributed by atoms with van der Waals surface area (Å²) in [6.45, 7) is 3.71. The molecule has 1 aliphatic heterocycles. The van der Waals surface area contributed by atoms with Gasteiger partial charge in [0, 0.05) is 15.2 Å². The largest absolute Gasteiger partial charge is 0.497 e. The molecule has 0 spiro atoms. The van der Waals surface area contributed by atoms with E-state index >= 15 is 0 Å². The first-order chi connectivity index (χ1) is 16.4. The molecule has 0 bridgehead atoms. The maximum atomic E-state index is 13.7. The van der Waals surface area contributed by atoms with Gasteiger partial charge in [-0.05, 0) is 72.3 Å². The van der Waals surface area contributed by atoms with Gasteiger partial charge in [-0.2, -0.15) is 0 Å². The Morgan fingerprint density at radius 1 is 1.18 bits per heavy atom. The predicted octanol–water partition coefficient (Wildman–Crippen LogP) is 3.42. The van der Waals surface area contributed by atoms with Gasteiger partial charge in [0.1, 0.15) is 17.5 Å². The van der Waals surface area contributed by atoms with Gasteiger partial charge >= 0.3 is 5.97 Å². The second-order valence-corrected chi connectivity index (χ2v) is 9.72. The zero-order chi connectivity index (χ0) is 24.4. The Kier molecular flexibility index (Phi) is 7.22. The molecule has 2 aromatic carbocycles. The van der Waals surface area contributed by atoms with Crippen molar-refractivity contribution in [1.82, 2.24) is 4.57 Å². The number of ether oxygens (including phenoxy) is 3. The van der Waals surface area contributed by atoms with Crippen LogP contribution in [0.25, 0.3) is 6.08 Å². The maximum absolute atomic E-state index is 13.7. The second kappa shape index (κ2) is 10.1. The molecular weight excluding hydrogens is 567 g/mol. The fourth-order valence-electron chi connectivity index (χ4n) is 3.84. The van der Waals surface area contributed by atoms with Gasteiger partial charge in [-0.1, -0.05) is 23.5 Å². The van der Waals surface area contributed by atoms with Crippen LogP contribution in [0.4, 0.5) is 0 Å². The lowest BCUT2D eigenvalue weighted by Crippen LogP contribution is -2.40. The number of fused-ring (bicyclic) bond motifs is 1. The minimum Gasteiger partial charge on any atom is -0.497 e. The van der Waals surface area contributed by atoms with E-state index in [1.54, 1.807) is 50.8 Å². The summed E-state index contributed by atoms with van der Waals surface area (Å²) in [7, 11) is 3.11. The first-order valence-electron chi connectivity index (χ1n) is 10.5. The summed E-state index contributed by atoms with van der Waals surface area (Å²) in [6, 6.07) is 12.4. The van der Waals surface area contributed by atoms with Crippen LogP contribution in [0.1, 0.15) is 31.0 Å². The molecule has 34 heavy (non-hydrogen) atoms. The van der Waals surface area contributed by atoms with E-state index in [2.05, 4.69) is 27.6 Å². The van der Waals surface area contributed by atoms with Crippen LogP contribution in [-0.4, -0.2) is 31.4 Å². The van der Waals surface area contributed by atoms with Crippen LogP contribution in [0.15, 0.2) is 63.5 Å². The Hall–Kier alpha value is -2.92. The monoisotopic (exact) mass is 590 g/mol. The number of benzene rings is 2. The first kappa shape index (κ1) is 24.2. The summed E-state index contributed by atoms with van der Waals surface area (Å²) in [5.41, 5.74) is 2.12. The van der Waals surface area contributed by atoms with Gasteiger partial charge in [0.25, 0.3) is 5.56 Å². The minimum atomic E-state index is -0.755. The molecule has 1 atom stereocenters. The number of nitrogens with zero attached hydrogens (tertiary/aromatic N) is 2. The highest BCUT2D eigenvalue weighted by Crippen LogP contribution is 2.37. The molecule has 3 aromatic rings. The normalized spacial score (nSPS) is 15.6. The Morgan fingerprint density at radius 2 is 1.91 bits per heavy atom. The number of carbonyl (C=O) groups is 1. The molecule has 0 aliphatic carbocycles. The van der Waals surface area contributed by atoms with E-state index in [-0.39, 0.29) is 12.2 Å². The average Bonchev–Trinajstić information content (AvgIpc) is 3.13. The summed E-state index contributed by atoms with van der Waals surface area (Å²) < 4.78 is 19.5. The molecule has 0 N–H and O–H groups in total. The molecule has 9 heteroatoms. The van der Waals surface area contributed by atoms with Gasteiger partial charge < -0.3 is 14.2 Å². The molecule has 2 heterocycles. The lowest BCUT2D eigenvalue weighted by Gasteiger charge is -2.26. The van der Waals surface area contributed by atoms with Crippen LogP contribution in [0.3, 0.4) is 0 Å². The van der Waals surface area contributed by atoms with Gasteiger partial charge in [-0.3, -0.25) is 9.36 Å². The number of hydrogen-bond donors (Lipinski definition) is 0. The van der Waals surface area contributed by atoms with Crippen LogP contribution in [0, 0.1) is 3.57 Å². The fraction of sp³-hybridized carbons (Fsp3) is 0.240. The topological polar surface area (TPSA) is 79.1 Å². The number of thiazole rings is 1. The van der Waals surface area contributed by atoms with E-state index in [4.69, 9.17) is 14.2 Å². The number of methoxy groups -OCH3 is 2. The smallest absolute Gasteiger partial charge is 0.338 e. The number of esters is 1. The highest BCUT2D eigenvalue weighted by molar-refractivity contribution is 14.1. The van der Waals surface area contributed by atoms with Crippen molar-refractivity contribution in [2.24, 2.45) is 4.99 Å². The third-order valence-electron chi connectivity index (χ3n) is 5.42. The summed E-state index contributed by atoms with van der Waals surface area (Å²) in [5.74, 6) is 0.580. The van der Waals surface area contributed by atoms with E-state index in [0.717, 1.165) is 9.13 Å². The summed E-state index contributed by atoms with van der Waals surface area (Å²) in [6.07, 6.45) is 1.84. The third kappa shape index (κ3) is 4.54. The Labute approximate surface area is 214 Å². The highest BCUT2D eigenvalue weighted by atomic mass is 127. The van der Waals surface area contributed by atoms with Crippen molar-refractivity contribution in [1.29, 1.82) is 0 Å². The van der Waals surface area contributed by atoms with Gasteiger partial charge in [-0.15, -0.1) is 0 Å². The van der Waals surface area contributed by atoms with Crippen molar-refractivity contribution in [2.45, 2.75) is 19.9 Å². The van der Waals surface area contributed by atoms with E-state index in [9.17, 15) is 9.59 Å². The number of allylic oxidation sites excluding steroid dienone is 1. The molecule has 4 rings (SSSR count). The van der Waals surface area contributed by atoms with E-state index < -0.39 is 12.0 Å². The van der Waals surface area contributed by atoms with Crippen molar-refractivity contribution < 1.29 is 19.0 Å². The Morgan fingerprint density at radius 3 is 2.56 bits per heavy atom. The zero-order valence-electron chi connectivity index (χ0n) is 19.1. The number of rotatable bonds is 6. The lowest BCUT2D eigenvalue weighted by molar-refractivity contribution is -0.139. The summed E-state index contributed by atoms with van der Waals surface area (Å²) in [5, 5.41) is 0. The molecule has 7 nitrogen and oxygen atoms in total. The van der Waals surface area contributed by atoms with E-state index in [1.807, 2.05) is 30.3 Å². The Bertz CT molecular complexity index is 1450. The molecule has 176 valence electrons. The lowest BCUT2D eigenvalue weighted by atomic mass is 9.95. The average molecular weight is 590 g/mol. The molecule has 0 fully saturated rings. The number of halogens is 1. The van der Waals surface area contributed by atoms with Gasteiger partial charge in [-0.25, -0.2) is 9.79 Å². The molecule has 0 unspecified atom stereocenters. The number of carbonyl (C=O) groups excluding carboxylic acids is 1. The molecular formula is C25H23IN2O5S. The summed E-state index contributed by atoms with van der Waals surface area (Å²) >= 11 is 3.53. The van der Waals surface area contributed by atoms with Crippen molar-refractivity contribution in [2.75, 3.05) is 20.8 Å². The van der Waals surface area contributed by atoms with Crippen molar-refractivity contribution in [3.05, 3.63) is 88.1 Å². The van der Waals surface area contributed by atoms with Crippen LogP contribution in [0.2, 0.25) is 0 Å². The van der Waals surface area contributed by atoms with Crippen LogP contribution in [-0.2, 0) is 9.53 Å². The van der Waals surface area contributed by atoms with Gasteiger partial charge in [0.05, 0.1) is 36.6 Å². The highest BCUT2D eigenvalue weighted by Gasteiger charge is 2.35. The zero-order valence-corrected chi connectivity index (χ0v) is 22.1. The molecule has 0 saturated heterocycles. The van der Waals surface area contributed by atoms with Crippen LogP contribution < -0.4 is 24.4 Å². The third-order valence-corrected chi connectivity index (χ3v) is 7.12. The van der Waals surface area contributed by atoms with Gasteiger partial charge in [0.15, 0.2) is 4.80 Å². The first-order valence-corrected chi connectivity index (χ1v) is 12.4. The molecule has 1 aliphatic rings. The van der Waals surface area contributed by atoms with Crippen LogP contribution in [0.5, 0.6) is 11.5 Å². The number of hydrogen-bond acceptors (Lipinski definition) is 7. The molecule has 0 amide bonds. The quantitative estimate of drug-likeness (QED) is 0.325. The fourth-order valence-corrected chi connectivity index (χ4v) is 5.25. The molecule has 0 radical (unpaired) electrons. The van der Waals surface area contributed by atoms with Crippen molar-refractivity contribution in [3.63, 3.8) is 0 Å². The molecule has 0 saturated carbocycles. The van der Waals surface area contributed by atoms with E-state index in [1.165, 1.54) is 11.3 Å².